The molecule has 1 aliphatic heterocycles. The summed E-state index contributed by atoms with van der Waals surface area (Å²) in [4.78, 5) is 24.9. The summed E-state index contributed by atoms with van der Waals surface area (Å²) in [6.45, 7) is 5.65. The van der Waals surface area contributed by atoms with E-state index in [-0.39, 0.29) is 11.9 Å². The minimum Gasteiger partial charge on any atom is -0.465 e. The van der Waals surface area contributed by atoms with Crippen LogP contribution in [0.25, 0.3) is 0 Å². The molecule has 0 aromatic heterocycles. The molecule has 0 aromatic carbocycles. The van der Waals surface area contributed by atoms with Gasteiger partial charge in [0.1, 0.15) is 5.92 Å². The molecular formula is C11H19NO3. The summed E-state index contributed by atoms with van der Waals surface area (Å²) in [7, 11) is 0. The van der Waals surface area contributed by atoms with Crippen molar-refractivity contribution in [2.24, 2.45) is 5.92 Å². The Labute approximate surface area is 90.6 Å². The molecule has 0 radical (unpaired) electrons. The zero-order valence-electron chi connectivity index (χ0n) is 9.49. The molecule has 1 fully saturated rings. The van der Waals surface area contributed by atoms with Crippen molar-refractivity contribution in [2.75, 3.05) is 19.7 Å². The van der Waals surface area contributed by atoms with E-state index in [1.165, 1.54) is 0 Å². The predicted octanol–water partition coefficient (Wildman–Crippen LogP) is 1.20. The quantitative estimate of drug-likeness (QED) is 0.509. The first-order chi connectivity index (χ1) is 7.20. The maximum absolute atomic E-state index is 11.8. The van der Waals surface area contributed by atoms with Crippen LogP contribution in [0, 0.1) is 5.92 Å². The van der Waals surface area contributed by atoms with E-state index in [1.54, 1.807) is 11.8 Å². The highest BCUT2D eigenvalue weighted by molar-refractivity contribution is 5.99. The van der Waals surface area contributed by atoms with Crippen molar-refractivity contribution in [3.63, 3.8) is 0 Å². The second kappa shape index (κ2) is 5.73. The average Bonchev–Trinajstić information content (AvgIpc) is 2.57. The monoisotopic (exact) mass is 213 g/mol. The number of ether oxygens (including phenoxy) is 1. The van der Waals surface area contributed by atoms with E-state index >= 15 is 0 Å². The maximum atomic E-state index is 11.8. The number of nitrogens with zero attached hydrogens (tertiary/aromatic N) is 1. The molecule has 0 aliphatic carbocycles. The number of unbranched alkanes of at least 4 members (excludes halogenated alkanes) is 1. The Morgan fingerprint density at radius 3 is 2.87 bits per heavy atom. The highest BCUT2D eigenvalue weighted by atomic mass is 16.5. The van der Waals surface area contributed by atoms with Gasteiger partial charge in [0.25, 0.3) is 0 Å². The first kappa shape index (κ1) is 12.0. The van der Waals surface area contributed by atoms with Crippen LogP contribution in [-0.2, 0) is 14.3 Å². The second-order valence-electron chi connectivity index (χ2n) is 3.77. The van der Waals surface area contributed by atoms with Crippen molar-refractivity contribution >= 4 is 11.9 Å². The Balaban J connectivity index is 2.44. The fraction of sp³-hybridized carbons (Fsp3) is 0.818. The van der Waals surface area contributed by atoms with Gasteiger partial charge < -0.3 is 9.64 Å². The molecule has 4 nitrogen and oxygen atoms in total. The Morgan fingerprint density at radius 2 is 2.27 bits per heavy atom. The van der Waals surface area contributed by atoms with Crippen molar-refractivity contribution in [3.8, 4) is 0 Å². The van der Waals surface area contributed by atoms with Crippen LogP contribution in [0.5, 0.6) is 0 Å². The van der Waals surface area contributed by atoms with Gasteiger partial charge in [0.05, 0.1) is 6.61 Å². The van der Waals surface area contributed by atoms with E-state index in [0.29, 0.717) is 19.6 Å². The lowest BCUT2D eigenvalue weighted by atomic mass is 10.1. The summed E-state index contributed by atoms with van der Waals surface area (Å²) >= 11 is 0. The predicted molar refractivity (Wildman–Crippen MR) is 56.2 cm³/mol. The van der Waals surface area contributed by atoms with E-state index in [4.69, 9.17) is 4.74 Å². The lowest BCUT2D eigenvalue weighted by molar-refractivity contribution is -0.152. The van der Waals surface area contributed by atoms with Gasteiger partial charge in [0.2, 0.25) is 5.91 Å². The minimum absolute atomic E-state index is 0.0538. The van der Waals surface area contributed by atoms with Gasteiger partial charge in [-0.25, -0.2) is 0 Å². The molecule has 0 saturated carbocycles. The standard InChI is InChI=1S/C11H19NO3/c1-3-5-7-12-8-6-9(10(12)13)11(14)15-4-2/h9H,3-8H2,1-2H3/t9-/m1/s1. The Hall–Kier alpha value is -1.06. The van der Waals surface area contributed by atoms with Gasteiger partial charge >= 0.3 is 5.97 Å². The van der Waals surface area contributed by atoms with Gasteiger partial charge in [0, 0.05) is 13.1 Å². The fourth-order valence-electron chi connectivity index (χ4n) is 1.77. The Bertz CT molecular complexity index is 240. The molecule has 1 aliphatic rings. The lowest BCUT2D eigenvalue weighted by Gasteiger charge is -2.15. The average molecular weight is 213 g/mol. The largest absolute Gasteiger partial charge is 0.465 e. The first-order valence-corrected chi connectivity index (χ1v) is 5.66. The van der Waals surface area contributed by atoms with Crippen molar-refractivity contribution < 1.29 is 14.3 Å². The molecule has 1 saturated heterocycles. The van der Waals surface area contributed by atoms with Crippen molar-refractivity contribution in [1.29, 1.82) is 0 Å². The Kier molecular flexibility index (Phi) is 4.59. The van der Waals surface area contributed by atoms with Crippen LogP contribution >= 0.6 is 0 Å². The lowest BCUT2D eigenvalue weighted by Crippen LogP contribution is -2.31. The highest BCUT2D eigenvalue weighted by Crippen LogP contribution is 2.19. The molecule has 0 aromatic rings. The molecule has 0 bridgehead atoms. The van der Waals surface area contributed by atoms with Crippen LogP contribution < -0.4 is 0 Å². The van der Waals surface area contributed by atoms with Crippen molar-refractivity contribution in [3.05, 3.63) is 0 Å². The van der Waals surface area contributed by atoms with Gasteiger partial charge in [-0.2, -0.15) is 0 Å². The molecule has 1 rings (SSSR count). The number of likely N-dealkylation sites (tertiary alicyclic amines) is 1. The molecule has 1 atom stereocenters. The molecule has 1 heterocycles. The highest BCUT2D eigenvalue weighted by Gasteiger charge is 2.37. The summed E-state index contributed by atoms with van der Waals surface area (Å²) in [5.41, 5.74) is 0. The smallest absolute Gasteiger partial charge is 0.318 e. The SMILES string of the molecule is CCCCN1CC[C@@H](C(=O)OCC)C1=O. The molecule has 1 amide bonds. The van der Waals surface area contributed by atoms with Crippen LogP contribution in [0.3, 0.4) is 0 Å². The number of hydrogen-bond donors (Lipinski definition) is 0. The zero-order valence-corrected chi connectivity index (χ0v) is 9.49. The van der Waals surface area contributed by atoms with Crippen LogP contribution in [0.15, 0.2) is 0 Å². The number of rotatable bonds is 5. The van der Waals surface area contributed by atoms with E-state index in [1.807, 2.05) is 0 Å². The minimum atomic E-state index is -0.540. The van der Waals surface area contributed by atoms with Gasteiger partial charge in [-0.15, -0.1) is 0 Å². The normalized spacial score (nSPS) is 20.8. The van der Waals surface area contributed by atoms with E-state index in [9.17, 15) is 9.59 Å². The summed E-state index contributed by atoms with van der Waals surface area (Å²) in [5, 5.41) is 0. The number of carbonyl (C=O) groups excluding carboxylic acids is 2. The third-order valence-electron chi connectivity index (χ3n) is 2.65. The van der Waals surface area contributed by atoms with E-state index in [0.717, 1.165) is 19.4 Å². The van der Waals surface area contributed by atoms with Crippen molar-refractivity contribution in [2.45, 2.75) is 33.1 Å². The summed E-state index contributed by atoms with van der Waals surface area (Å²) in [5.74, 6) is -0.954. The van der Waals surface area contributed by atoms with Crippen LogP contribution in [0.4, 0.5) is 0 Å². The van der Waals surface area contributed by atoms with Gasteiger partial charge in [-0.3, -0.25) is 9.59 Å². The number of hydrogen-bond acceptors (Lipinski definition) is 3. The second-order valence-corrected chi connectivity index (χ2v) is 3.77. The number of esters is 1. The van der Waals surface area contributed by atoms with Gasteiger partial charge in [-0.05, 0) is 19.8 Å². The van der Waals surface area contributed by atoms with E-state index < -0.39 is 5.92 Å². The first-order valence-electron chi connectivity index (χ1n) is 5.66. The Morgan fingerprint density at radius 1 is 1.53 bits per heavy atom. The van der Waals surface area contributed by atoms with E-state index in [2.05, 4.69) is 6.92 Å². The van der Waals surface area contributed by atoms with Gasteiger partial charge in [0.15, 0.2) is 0 Å². The summed E-state index contributed by atoms with van der Waals surface area (Å²) in [6, 6.07) is 0. The maximum Gasteiger partial charge on any atom is 0.318 e. The molecule has 15 heavy (non-hydrogen) atoms. The third-order valence-corrected chi connectivity index (χ3v) is 2.65. The molecular weight excluding hydrogens is 194 g/mol. The number of carbonyl (C=O) groups is 2. The zero-order chi connectivity index (χ0) is 11.3. The topological polar surface area (TPSA) is 46.6 Å². The van der Waals surface area contributed by atoms with Crippen LogP contribution in [-0.4, -0.2) is 36.5 Å². The van der Waals surface area contributed by atoms with Gasteiger partial charge in [-0.1, -0.05) is 13.3 Å². The molecule has 0 N–H and O–H groups in total. The molecule has 86 valence electrons. The van der Waals surface area contributed by atoms with Crippen LogP contribution in [0.1, 0.15) is 33.1 Å². The molecule has 0 unspecified atom stereocenters. The summed E-state index contributed by atoms with van der Waals surface area (Å²) in [6.07, 6.45) is 2.68. The fourth-order valence-corrected chi connectivity index (χ4v) is 1.77. The summed E-state index contributed by atoms with van der Waals surface area (Å²) < 4.78 is 4.86. The molecule has 4 heteroatoms. The van der Waals surface area contributed by atoms with Crippen molar-refractivity contribution in [1.82, 2.24) is 4.90 Å². The van der Waals surface area contributed by atoms with Crippen LogP contribution in [0.2, 0.25) is 0 Å². The molecule has 0 spiro atoms. The number of amides is 1. The third kappa shape index (κ3) is 2.94.